The van der Waals surface area contributed by atoms with E-state index in [1.807, 2.05) is 44.2 Å². The van der Waals surface area contributed by atoms with Gasteiger partial charge in [0.05, 0.1) is 18.3 Å². The molecule has 1 aromatic rings. The van der Waals surface area contributed by atoms with Crippen LogP contribution >= 0.6 is 24.0 Å². The van der Waals surface area contributed by atoms with Crippen LogP contribution in [0, 0.1) is 0 Å². The quantitative estimate of drug-likeness (QED) is 0.427. The van der Waals surface area contributed by atoms with Crippen molar-refractivity contribution in [3.8, 4) is 0 Å². The predicted molar refractivity (Wildman–Crippen MR) is 110 cm³/mol. The lowest BCUT2D eigenvalue weighted by molar-refractivity contribution is 0.0263. The molecule has 0 aliphatic carbocycles. The Bertz CT molecular complexity index is 515. The van der Waals surface area contributed by atoms with Crippen LogP contribution in [0.25, 0.3) is 0 Å². The zero-order valence-corrected chi connectivity index (χ0v) is 17.5. The summed E-state index contributed by atoms with van der Waals surface area (Å²) >= 11 is 0. The fourth-order valence-electron chi connectivity index (χ4n) is 2.79. The van der Waals surface area contributed by atoms with E-state index in [1.54, 1.807) is 0 Å². The van der Waals surface area contributed by atoms with Crippen molar-refractivity contribution in [2.24, 2.45) is 4.99 Å². The van der Waals surface area contributed by atoms with E-state index in [2.05, 4.69) is 27.1 Å². The fraction of sp³-hybridized carbons (Fsp3) is 0.647. The molecular weight excluding hydrogens is 417 g/mol. The minimum Gasteiger partial charge on any atom is -0.378 e. The smallest absolute Gasteiger partial charge is 0.193 e. The zero-order valence-electron chi connectivity index (χ0n) is 15.2. The van der Waals surface area contributed by atoms with Gasteiger partial charge in [-0.25, -0.2) is 4.98 Å². The summed E-state index contributed by atoms with van der Waals surface area (Å²) in [7, 11) is 5.84. The maximum Gasteiger partial charge on any atom is 0.193 e. The topological polar surface area (TPSA) is 53.0 Å². The van der Waals surface area contributed by atoms with Crippen LogP contribution in [0.3, 0.4) is 0 Å². The van der Waals surface area contributed by atoms with Crippen molar-refractivity contribution in [3.63, 3.8) is 0 Å². The van der Waals surface area contributed by atoms with Gasteiger partial charge in [0.2, 0.25) is 0 Å². The lowest BCUT2D eigenvalue weighted by Crippen LogP contribution is -2.46. The van der Waals surface area contributed by atoms with Crippen LogP contribution < -0.4 is 10.2 Å². The number of guanidine groups is 1. The summed E-state index contributed by atoms with van der Waals surface area (Å²) in [4.78, 5) is 13.3. The average Bonchev–Trinajstić information content (AvgIpc) is 2.57. The van der Waals surface area contributed by atoms with Crippen molar-refractivity contribution in [3.05, 3.63) is 23.9 Å². The van der Waals surface area contributed by atoms with E-state index in [0.29, 0.717) is 12.6 Å². The van der Waals surface area contributed by atoms with Gasteiger partial charge in [-0.05, 0) is 31.9 Å². The van der Waals surface area contributed by atoms with Crippen LogP contribution in [0.2, 0.25) is 0 Å². The second-order valence-corrected chi connectivity index (χ2v) is 5.92. The minimum atomic E-state index is 0. The standard InChI is InChI=1S/C17H29N5O.HI/c1-5-23-15-9-11-22(12-10-15)17(18-2)19-13-14-7-6-8-16(20-14)21(3)4;/h6-8,15H,5,9-13H2,1-4H3,(H,18,19);1H. The van der Waals surface area contributed by atoms with Gasteiger partial charge in [0, 0.05) is 40.8 Å². The number of piperidine rings is 1. The molecule has 2 rings (SSSR count). The third-order valence-electron chi connectivity index (χ3n) is 4.03. The van der Waals surface area contributed by atoms with Gasteiger partial charge in [0.25, 0.3) is 0 Å². The second kappa shape index (κ2) is 10.7. The molecule has 1 aliphatic rings. The van der Waals surface area contributed by atoms with Gasteiger partial charge in [-0.15, -0.1) is 24.0 Å². The van der Waals surface area contributed by atoms with Crippen molar-refractivity contribution < 1.29 is 4.74 Å². The number of ether oxygens (including phenoxy) is 1. The summed E-state index contributed by atoms with van der Waals surface area (Å²) in [6.07, 6.45) is 2.51. The summed E-state index contributed by atoms with van der Waals surface area (Å²) in [5.41, 5.74) is 1.02. The molecule has 6 nitrogen and oxygen atoms in total. The molecule has 0 aromatic carbocycles. The van der Waals surface area contributed by atoms with Crippen molar-refractivity contribution >= 4 is 35.8 Å². The van der Waals surface area contributed by atoms with Crippen LogP contribution in [0.1, 0.15) is 25.5 Å². The van der Waals surface area contributed by atoms with Gasteiger partial charge in [-0.2, -0.15) is 0 Å². The monoisotopic (exact) mass is 447 g/mol. The Morgan fingerprint density at radius 1 is 1.38 bits per heavy atom. The molecule has 0 radical (unpaired) electrons. The first-order valence-corrected chi connectivity index (χ1v) is 8.34. The summed E-state index contributed by atoms with van der Waals surface area (Å²) in [5.74, 6) is 1.91. The number of nitrogens with one attached hydrogen (secondary N) is 1. The molecular formula is C17H30IN5O. The van der Waals surface area contributed by atoms with Gasteiger partial charge in [-0.3, -0.25) is 4.99 Å². The van der Waals surface area contributed by atoms with E-state index in [0.717, 1.165) is 50.0 Å². The van der Waals surface area contributed by atoms with Gasteiger partial charge in [0.15, 0.2) is 5.96 Å². The molecule has 1 saturated heterocycles. The summed E-state index contributed by atoms with van der Waals surface area (Å²) < 4.78 is 5.71. The highest BCUT2D eigenvalue weighted by Crippen LogP contribution is 2.14. The first-order chi connectivity index (χ1) is 11.1. The summed E-state index contributed by atoms with van der Waals surface area (Å²) in [6, 6.07) is 6.08. The number of pyridine rings is 1. The molecule has 0 saturated carbocycles. The number of anilines is 1. The van der Waals surface area contributed by atoms with Crippen molar-refractivity contribution in [2.45, 2.75) is 32.4 Å². The third-order valence-corrected chi connectivity index (χ3v) is 4.03. The van der Waals surface area contributed by atoms with Crippen molar-refractivity contribution in [2.75, 3.05) is 45.7 Å². The van der Waals surface area contributed by atoms with E-state index in [-0.39, 0.29) is 24.0 Å². The van der Waals surface area contributed by atoms with Gasteiger partial charge >= 0.3 is 0 Å². The predicted octanol–water partition coefficient (Wildman–Crippen LogP) is 2.34. The van der Waals surface area contributed by atoms with E-state index < -0.39 is 0 Å². The molecule has 136 valence electrons. The highest BCUT2D eigenvalue weighted by Gasteiger charge is 2.21. The molecule has 7 heteroatoms. The molecule has 1 fully saturated rings. The average molecular weight is 447 g/mol. The maximum atomic E-state index is 5.71. The lowest BCUT2D eigenvalue weighted by Gasteiger charge is -2.34. The summed E-state index contributed by atoms with van der Waals surface area (Å²) in [6.45, 7) is 5.50. The van der Waals surface area contributed by atoms with Crippen molar-refractivity contribution in [1.29, 1.82) is 0 Å². The number of hydrogen-bond acceptors (Lipinski definition) is 4. The van der Waals surface area contributed by atoms with E-state index in [4.69, 9.17) is 4.74 Å². The molecule has 0 amide bonds. The van der Waals surface area contributed by atoms with E-state index in [9.17, 15) is 0 Å². The molecule has 1 aromatic heterocycles. The Morgan fingerprint density at radius 3 is 2.67 bits per heavy atom. The van der Waals surface area contributed by atoms with Crippen LogP contribution in [0.15, 0.2) is 23.2 Å². The second-order valence-electron chi connectivity index (χ2n) is 5.92. The normalized spacial score (nSPS) is 15.8. The molecule has 0 bridgehead atoms. The highest BCUT2D eigenvalue weighted by atomic mass is 127. The van der Waals surface area contributed by atoms with E-state index >= 15 is 0 Å². The fourth-order valence-corrected chi connectivity index (χ4v) is 2.79. The Morgan fingerprint density at radius 2 is 2.08 bits per heavy atom. The largest absolute Gasteiger partial charge is 0.378 e. The van der Waals surface area contributed by atoms with Gasteiger partial charge in [-0.1, -0.05) is 6.07 Å². The molecule has 24 heavy (non-hydrogen) atoms. The Hall–Kier alpha value is -1.09. The number of likely N-dealkylation sites (tertiary alicyclic amines) is 1. The Kier molecular flexibility index (Phi) is 9.35. The number of nitrogens with zero attached hydrogens (tertiary/aromatic N) is 4. The minimum absolute atomic E-state index is 0. The number of hydrogen-bond donors (Lipinski definition) is 1. The first kappa shape index (κ1) is 21.0. The molecule has 0 unspecified atom stereocenters. The van der Waals surface area contributed by atoms with Crippen LogP contribution in [-0.4, -0.2) is 62.8 Å². The Labute approximate surface area is 162 Å². The molecule has 1 aliphatic heterocycles. The van der Waals surface area contributed by atoms with Crippen LogP contribution in [-0.2, 0) is 11.3 Å². The first-order valence-electron chi connectivity index (χ1n) is 8.34. The zero-order chi connectivity index (χ0) is 16.7. The third kappa shape index (κ3) is 6.08. The number of aliphatic imine (C=N–C) groups is 1. The highest BCUT2D eigenvalue weighted by molar-refractivity contribution is 14.0. The van der Waals surface area contributed by atoms with Crippen LogP contribution in [0.4, 0.5) is 5.82 Å². The molecule has 2 heterocycles. The Balaban J connectivity index is 0.00000288. The molecule has 1 N–H and O–H groups in total. The van der Waals surface area contributed by atoms with Gasteiger partial charge in [0.1, 0.15) is 5.82 Å². The molecule has 0 atom stereocenters. The number of halogens is 1. The summed E-state index contributed by atoms with van der Waals surface area (Å²) in [5, 5.41) is 3.42. The number of rotatable bonds is 5. The van der Waals surface area contributed by atoms with Crippen molar-refractivity contribution in [1.82, 2.24) is 15.2 Å². The van der Waals surface area contributed by atoms with E-state index in [1.165, 1.54) is 0 Å². The number of aromatic nitrogens is 1. The maximum absolute atomic E-state index is 5.71. The van der Waals surface area contributed by atoms with Crippen LogP contribution in [0.5, 0.6) is 0 Å². The van der Waals surface area contributed by atoms with Gasteiger partial charge < -0.3 is 19.9 Å². The molecule has 0 spiro atoms. The SMILES string of the molecule is CCOC1CCN(C(=NC)NCc2cccc(N(C)C)n2)CC1.I. The lowest BCUT2D eigenvalue weighted by atomic mass is 10.1.